The van der Waals surface area contributed by atoms with Crippen LogP contribution < -0.4 is 10.6 Å². The molecule has 0 heterocycles. The standard InChI is InChI=1S/C19H26N4O2/c1-14(18(24)25)21-19(22-16-7-5-3-2-4-6-8-16)23-17-11-9-15(13-20)10-12-17/h9-12,14,16H,2-8H2,1H3,(H,24,25)(H2,21,22,23)/t14-/m1/s1. The van der Waals surface area contributed by atoms with Gasteiger partial charge < -0.3 is 15.7 Å². The fraction of sp³-hybridized carbons (Fsp3) is 0.526. The van der Waals surface area contributed by atoms with Crippen LogP contribution in [0.25, 0.3) is 0 Å². The zero-order valence-corrected chi connectivity index (χ0v) is 14.7. The number of carboxylic acids is 1. The summed E-state index contributed by atoms with van der Waals surface area (Å²) in [7, 11) is 0. The van der Waals surface area contributed by atoms with Crippen LogP contribution in [0.4, 0.5) is 5.69 Å². The number of guanidine groups is 1. The minimum absolute atomic E-state index is 0.203. The summed E-state index contributed by atoms with van der Waals surface area (Å²) in [6, 6.07) is 8.57. The van der Waals surface area contributed by atoms with Crippen molar-refractivity contribution in [1.29, 1.82) is 5.26 Å². The highest BCUT2D eigenvalue weighted by Crippen LogP contribution is 2.20. The summed E-state index contributed by atoms with van der Waals surface area (Å²) in [4.78, 5) is 15.9. The number of hydrogen-bond donors (Lipinski definition) is 3. The van der Waals surface area contributed by atoms with Gasteiger partial charge in [-0.15, -0.1) is 0 Å². The molecule has 0 unspecified atom stereocenters. The topological polar surface area (TPSA) is 97.5 Å². The van der Waals surface area contributed by atoms with Crippen molar-refractivity contribution in [3.8, 4) is 6.07 Å². The van der Waals surface area contributed by atoms with Crippen molar-refractivity contribution >= 4 is 17.6 Å². The van der Waals surface area contributed by atoms with E-state index in [9.17, 15) is 9.90 Å². The van der Waals surface area contributed by atoms with Gasteiger partial charge in [-0.25, -0.2) is 4.99 Å². The number of anilines is 1. The van der Waals surface area contributed by atoms with Crippen molar-refractivity contribution in [2.75, 3.05) is 5.32 Å². The van der Waals surface area contributed by atoms with E-state index in [1.54, 1.807) is 31.2 Å². The lowest BCUT2D eigenvalue weighted by Gasteiger charge is -2.20. The molecule has 2 rings (SSSR count). The molecule has 0 aliphatic heterocycles. The van der Waals surface area contributed by atoms with Crippen LogP contribution in [0, 0.1) is 11.3 Å². The van der Waals surface area contributed by atoms with Crippen LogP contribution in [0.2, 0.25) is 0 Å². The van der Waals surface area contributed by atoms with Crippen LogP contribution in [0.3, 0.4) is 0 Å². The van der Waals surface area contributed by atoms with Crippen LogP contribution in [0.1, 0.15) is 57.4 Å². The van der Waals surface area contributed by atoms with Crippen molar-refractivity contribution in [3.63, 3.8) is 0 Å². The number of hydrogen-bond acceptors (Lipinski definition) is 3. The Morgan fingerprint density at radius 2 is 1.80 bits per heavy atom. The molecule has 134 valence electrons. The minimum atomic E-state index is -0.924. The molecule has 6 heteroatoms. The van der Waals surface area contributed by atoms with Crippen molar-refractivity contribution in [1.82, 2.24) is 5.32 Å². The average Bonchev–Trinajstić information content (AvgIpc) is 2.57. The van der Waals surface area contributed by atoms with Crippen molar-refractivity contribution in [3.05, 3.63) is 29.8 Å². The fourth-order valence-electron chi connectivity index (χ4n) is 2.88. The van der Waals surface area contributed by atoms with Gasteiger partial charge in [0, 0.05) is 5.69 Å². The molecule has 1 aliphatic carbocycles. The lowest BCUT2D eigenvalue weighted by Crippen LogP contribution is -2.42. The van der Waals surface area contributed by atoms with Crippen molar-refractivity contribution in [2.45, 2.75) is 64.0 Å². The van der Waals surface area contributed by atoms with E-state index in [1.165, 1.54) is 19.3 Å². The molecule has 1 aromatic carbocycles. The predicted molar refractivity (Wildman–Crippen MR) is 98.6 cm³/mol. The van der Waals surface area contributed by atoms with Gasteiger partial charge in [0.2, 0.25) is 0 Å². The molecule has 1 atom stereocenters. The molecule has 1 fully saturated rings. The molecule has 0 amide bonds. The summed E-state index contributed by atoms with van der Waals surface area (Å²) in [5, 5.41) is 24.2. The van der Waals surface area contributed by atoms with Gasteiger partial charge in [0.15, 0.2) is 5.96 Å². The second kappa shape index (κ2) is 9.67. The highest BCUT2D eigenvalue weighted by atomic mass is 16.4. The van der Waals surface area contributed by atoms with Gasteiger partial charge in [-0.05, 0) is 44.0 Å². The zero-order chi connectivity index (χ0) is 18.1. The second-order valence-corrected chi connectivity index (χ2v) is 6.50. The van der Waals surface area contributed by atoms with E-state index in [4.69, 9.17) is 10.3 Å². The summed E-state index contributed by atoms with van der Waals surface area (Å²) < 4.78 is 0. The molecule has 0 saturated heterocycles. The van der Waals surface area contributed by atoms with E-state index < -0.39 is 12.0 Å². The molecule has 0 radical (unpaired) electrons. The molecule has 1 saturated carbocycles. The van der Waals surface area contributed by atoms with E-state index in [-0.39, 0.29) is 6.04 Å². The maximum absolute atomic E-state index is 11.2. The first-order valence-electron chi connectivity index (χ1n) is 8.93. The first kappa shape index (κ1) is 18.8. The number of carboxylic acid groups (broad SMARTS) is 1. The van der Waals surface area contributed by atoms with Gasteiger partial charge in [0.05, 0.1) is 17.7 Å². The summed E-state index contributed by atoms with van der Waals surface area (Å²) in [6.45, 7) is 1.59. The first-order chi connectivity index (χ1) is 12.1. The average molecular weight is 342 g/mol. The van der Waals surface area contributed by atoms with E-state index in [0.717, 1.165) is 31.4 Å². The molecule has 0 aromatic heterocycles. The highest BCUT2D eigenvalue weighted by molar-refractivity contribution is 5.96. The number of benzene rings is 1. The van der Waals surface area contributed by atoms with E-state index in [2.05, 4.69) is 16.7 Å². The highest BCUT2D eigenvalue weighted by Gasteiger charge is 2.16. The normalized spacial score (nSPS) is 17.7. The fourth-order valence-corrected chi connectivity index (χ4v) is 2.88. The van der Waals surface area contributed by atoms with Gasteiger partial charge in [-0.1, -0.05) is 32.1 Å². The number of aliphatic carboxylic acids is 1. The molecular weight excluding hydrogens is 316 g/mol. The third kappa shape index (κ3) is 6.46. The molecule has 6 nitrogen and oxygen atoms in total. The maximum atomic E-state index is 11.2. The van der Waals surface area contributed by atoms with Crippen LogP contribution in [0.5, 0.6) is 0 Å². The monoisotopic (exact) mass is 342 g/mol. The molecule has 0 spiro atoms. The SMILES string of the molecule is C[C@@H](NC(=NC1CCCCCCC1)Nc1ccc(C#N)cc1)C(=O)O. The Morgan fingerprint density at radius 1 is 1.20 bits per heavy atom. The van der Waals surface area contributed by atoms with Crippen molar-refractivity contribution < 1.29 is 9.90 Å². The van der Waals surface area contributed by atoms with Gasteiger partial charge in [0.25, 0.3) is 0 Å². The largest absolute Gasteiger partial charge is 0.480 e. The summed E-state index contributed by atoms with van der Waals surface area (Å²) >= 11 is 0. The van der Waals surface area contributed by atoms with Gasteiger partial charge >= 0.3 is 5.97 Å². The van der Waals surface area contributed by atoms with Gasteiger partial charge in [-0.2, -0.15) is 5.26 Å². The van der Waals surface area contributed by atoms with E-state index in [1.807, 2.05) is 0 Å². The lowest BCUT2D eigenvalue weighted by atomic mass is 9.97. The van der Waals surface area contributed by atoms with Crippen LogP contribution in [0.15, 0.2) is 29.3 Å². The Hall–Kier alpha value is -2.55. The molecule has 25 heavy (non-hydrogen) atoms. The summed E-state index contributed by atoms with van der Waals surface area (Å²) in [5.74, 6) is -0.447. The Labute approximate surface area is 149 Å². The van der Waals surface area contributed by atoms with Crippen molar-refractivity contribution in [2.24, 2.45) is 4.99 Å². The van der Waals surface area contributed by atoms with Gasteiger partial charge in [0.1, 0.15) is 6.04 Å². The van der Waals surface area contributed by atoms with E-state index in [0.29, 0.717) is 11.5 Å². The van der Waals surface area contributed by atoms with E-state index >= 15 is 0 Å². The third-order valence-corrected chi connectivity index (χ3v) is 4.39. The minimum Gasteiger partial charge on any atom is -0.480 e. The lowest BCUT2D eigenvalue weighted by molar-refractivity contribution is -0.138. The number of nitriles is 1. The smallest absolute Gasteiger partial charge is 0.325 e. The number of carbonyl (C=O) groups is 1. The quantitative estimate of drug-likeness (QED) is 0.575. The Kier molecular flexibility index (Phi) is 7.27. The number of aliphatic imine (C=N–C) groups is 1. The van der Waals surface area contributed by atoms with Crippen LogP contribution in [-0.2, 0) is 4.79 Å². The Morgan fingerprint density at radius 3 is 2.36 bits per heavy atom. The van der Waals surface area contributed by atoms with Crippen LogP contribution in [-0.4, -0.2) is 29.1 Å². The maximum Gasteiger partial charge on any atom is 0.325 e. The predicted octanol–water partition coefficient (Wildman–Crippen LogP) is 3.50. The molecule has 1 aliphatic rings. The summed E-state index contributed by atoms with van der Waals surface area (Å²) in [5.41, 5.74) is 1.35. The Balaban J connectivity index is 2.13. The molecule has 1 aromatic rings. The first-order valence-corrected chi connectivity index (χ1v) is 8.93. The zero-order valence-electron chi connectivity index (χ0n) is 14.7. The molecular formula is C19H26N4O2. The van der Waals surface area contributed by atoms with Crippen LogP contribution >= 0.6 is 0 Å². The Bertz CT molecular complexity index is 626. The molecule has 0 bridgehead atoms. The number of nitrogens with zero attached hydrogens (tertiary/aromatic N) is 2. The number of nitrogens with one attached hydrogen (secondary N) is 2. The third-order valence-electron chi connectivity index (χ3n) is 4.39. The second-order valence-electron chi connectivity index (χ2n) is 6.50. The number of rotatable bonds is 4. The summed E-state index contributed by atoms with van der Waals surface area (Å²) in [6.07, 6.45) is 8.15. The molecule has 3 N–H and O–H groups in total. The van der Waals surface area contributed by atoms with Gasteiger partial charge in [-0.3, -0.25) is 4.79 Å².